The van der Waals surface area contributed by atoms with Crippen molar-refractivity contribution in [2.24, 2.45) is 5.92 Å². The minimum atomic E-state index is 0.193. The lowest BCUT2D eigenvalue weighted by Gasteiger charge is -2.22. The average Bonchev–Trinajstić information content (AvgIpc) is 2.43. The number of alkyl halides is 1. The van der Waals surface area contributed by atoms with Gasteiger partial charge >= 0.3 is 0 Å². The number of rotatable bonds is 6. The Morgan fingerprint density at radius 1 is 1.06 bits per heavy atom. The second kappa shape index (κ2) is 6.88. The van der Waals surface area contributed by atoms with E-state index in [4.69, 9.17) is 14.2 Å². The molecule has 0 saturated heterocycles. The van der Waals surface area contributed by atoms with Gasteiger partial charge in [0.2, 0.25) is 0 Å². The number of ether oxygens (including phenoxy) is 3. The zero-order valence-corrected chi connectivity index (χ0v) is 13.2. The van der Waals surface area contributed by atoms with E-state index in [9.17, 15) is 0 Å². The quantitative estimate of drug-likeness (QED) is 0.736. The highest BCUT2D eigenvalue weighted by Gasteiger charge is 2.24. The molecule has 0 amide bonds. The van der Waals surface area contributed by atoms with Gasteiger partial charge in [0.05, 0.1) is 26.9 Å². The van der Waals surface area contributed by atoms with Crippen LogP contribution >= 0.6 is 15.9 Å². The van der Waals surface area contributed by atoms with Crippen molar-refractivity contribution >= 4 is 15.9 Å². The topological polar surface area (TPSA) is 27.7 Å². The Kier molecular flexibility index (Phi) is 5.79. The summed E-state index contributed by atoms with van der Waals surface area (Å²) in [6, 6.07) is 3.77. The molecule has 0 N–H and O–H groups in total. The van der Waals surface area contributed by atoms with Crippen LogP contribution in [0.1, 0.15) is 30.7 Å². The number of halogens is 1. The fraction of sp³-hybridized carbons (Fsp3) is 0.571. The second-order valence-electron chi connectivity index (χ2n) is 4.23. The van der Waals surface area contributed by atoms with E-state index in [2.05, 4.69) is 29.8 Å². The summed E-state index contributed by atoms with van der Waals surface area (Å²) in [5.41, 5.74) is 1.04. The van der Waals surface area contributed by atoms with Crippen LogP contribution in [0.15, 0.2) is 12.1 Å². The standard InChI is InChI=1S/C14H21BrO3/c1-6-9(2)14(15)13-11(17-4)7-10(16-3)8-12(13)18-5/h7-9,14H,6H2,1-5H3. The first-order chi connectivity index (χ1) is 8.58. The summed E-state index contributed by atoms with van der Waals surface area (Å²) < 4.78 is 16.2. The molecule has 2 unspecified atom stereocenters. The highest BCUT2D eigenvalue weighted by atomic mass is 79.9. The number of hydrogen-bond donors (Lipinski definition) is 0. The van der Waals surface area contributed by atoms with E-state index in [-0.39, 0.29) is 4.83 Å². The van der Waals surface area contributed by atoms with Crippen LogP contribution in [-0.2, 0) is 0 Å². The molecule has 0 bridgehead atoms. The van der Waals surface area contributed by atoms with Gasteiger partial charge in [-0.05, 0) is 5.92 Å². The molecule has 0 saturated carbocycles. The smallest absolute Gasteiger partial charge is 0.130 e. The maximum Gasteiger partial charge on any atom is 0.130 e. The van der Waals surface area contributed by atoms with E-state index in [1.807, 2.05) is 12.1 Å². The first-order valence-corrected chi connectivity index (χ1v) is 6.94. The molecule has 0 aromatic heterocycles. The van der Waals surface area contributed by atoms with Crippen LogP contribution in [0.5, 0.6) is 17.2 Å². The normalized spacial score (nSPS) is 13.9. The summed E-state index contributed by atoms with van der Waals surface area (Å²) >= 11 is 3.74. The summed E-state index contributed by atoms with van der Waals surface area (Å²) in [5, 5.41) is 0. The van der Waals surface area contributed by atoms with Crippen molar-refractivity contribution in [3.8, 4) is 17.2 Å². The lowest BCUT2D eigenvalue weighted by atomic mass is 9.97. The molecule has 18 heavy (non-hydrogen) atoms. The lowest BCUT2D eigenvalue weighted by molar-refractivity contribution is 0.363. The predicted octanol–water partition coefficient (Wildman–Crippen LogP) is 4.19. The minimum absolute atomic E-state index is 0.193. The van der Waals surface area contributed by atoms with Crippen molar-refractivity contribution in [1.29, 1.82) is 0 Å². The Bertz CT molecular complexity index is 368. The van der Waals surface area contributed by atoms with Gasteiger partial charge in [-0.3, -0.25) is 0 Å². The molecule has 3 nitrogen and oxygen atoms in total. The SMILES string of the molecule is CCC(C)C(Br)c1c(OC)cc(OC)cc1OC. The number of methoxy groups -OCH3 is 3. The van der Waals surface area contributed by atoms with Gasteiger partial charge in [0.15, 0.2) is 0 Å². The molecule has 0 aliphatic heterocycles. The maximum atomic E-state index is 5.46. The molecule has 0 aliphatic carbocycles. The first-order valence-electron chi connectivity index (χ1n) is 6.02. The molecular formula is C14H21BrO3. The zero-order chi connectivity index (χ0) is 13.7. The fourth-order valence-electron chi connectivity index (χ4n) is 1.80. The van der Waals surface area contributed by atoms with Crippen molar-refractivity contribution in [3.63, 3.8) is 0 Å². The second-order valence-corrected chi connectivity index (χ2v) is 5.22. The Hall–Kier alpha value is -0.900. The van der Waals surface area contributed by atoms with Crippen LogP contribution in [0.3, 0.4) is 0 Å². The highest BCUT2D eigenvalue weighted by Crippen LogP contribution is 2.45. The molecule has 0 radical (unpaired) electrons. The van der Waals surface area contributed by atoms with Crippen LogP contribution in [0.4, 0.5) is 0 Å². The molecule has 1 aromatic rings. The zero-order valence-electron chi connectivity index (χ0n) is 11.6. The molecule has 0 heterocycles. The summed E-state index contributed by atoms with van der Waals surface area (Å²) in [4.78, 5) is 0.193. The van der Waals surface area contributed by atoms with Gasteiger partial charge in [-0.25, -0.2) is 0 Å². The van der Waals surface area contributed by atoms with Crippen LogP contribution in [0.25, 0.3) is 0 Å². The predicted molar refractivity (Wildman–Crippen MR) is 77.2 cm³/mol. The molecule has 2 atom stereocenters. The molecule has 102 valence electrons. The van der Waals surface area contributed by atoms with Crippen LogP contribution in [-0.4, -0.2) is 21.3 Å². The van der Waals surface area contributed by atoms with E-state index in [0.29, 0.717) is 5.92 Å². The Morgan fingerprint density at radius 3 is 1.89 bits per heavy atom. The molecule has 1 rings (SSSR count). The summed E-state index contributed by atoms with van der Waals surface area (Å²) in [6.45, 7) is 4.37. The third-order valence-corrected chi connectivity index (χ3v) is 4.53. The van der Waals surface area contributed by atoms with Crippen LogP contribution in [0.2, 0.25) is 0 Å². The van der Waals surface area contributed by atoms with Gasteiger partial charge in [-0.2, -0.15) is 0 Å². The molecule has 0 spiro atoms. The van der Waals surface area contributed by atoms with Crippen molar-refractivity contribution in [2.45, 2.75) is 25.1 Å². The van der Waals surface area contributed by atoms with Crippen LogP contribution in [0, 0.1) is 5.92 Å². The Morgan fingerprint density at radius 2 is 1.56 bits per heavy atom. The monoisotopic (exact) mass is 316 g/mol. The van der Waals surface area contributed by atoms with Gasteiger partial charge in [-0.15, -0.1) is 0 Å². The Balaban J connectivity index is 3.30. The molecular weight excluding hydrogens is 296 g/mol. The average molecular weight is 317 g/mol. The fourth-order valence-corrected chi connectivity index (χ4v) is 2.62. The van der Waals surface area contributed by atoms with E-state index >= 15 is 0 Å². The number of benzene rings is 1. The minimum Gasteiger partial charge on any atom is -0.496 e. The third kappa shape index (κ3) is 3.10. The van der Waals surface area contributed by atoms with E-state index < -0.39 is 0 Å². The van der Waals surface area contributed by atoms with Gasteiger partial charge in [0, 0.05) is 17.0 Å². The van der Waals surface area contributed by atoms with Gasteiger partial charge < -0.3 is 14.2 Å². The van der Waals surface area contributed by atoms with Gasteiger partial charge in [0.25, 0.3) is 0 Å². The first kappa shape index (κ1) is 15.2. The summed E-state index contributed by atoms with van der Waals surface area (Å²) in [5.74, 6) is 2.79. The van der Waals surface area contributed by atoms with E-state index in [0.717, 1.165) is 29.2 Å². The molecule has 0 aliphatic rings. The van der Waals surface area contributed by atoms with Crippen molar-refractivity contribution < 1.29 is 14.2 Å². The van der Waals surface area contributed by atoms with Crippen molar-refractivity contribution in [3.05, 3.63) is 17.7 Å². The van der Waals surface area contributed by atoms with Gasteiger partial charge in [0.1, 0.15) is 17.2 Å². The summed E-state index contributed by atoms with van der Waals surface area (Å²) in [6.07, 6.45) is 1.08. The third-order valence-electron chi connectivity index (χ3n) is 3.17. The lowest BCUT2D eigenvalue weighted by Crippen LogP contribution is -2.06. The maximum absolute atomic E-state index is 5.46. The Labute approximate surface area is 118 Å². The van der Waals surface area contributed by atoms with E-state index in [1.54, 1.807) is 21.3 Å². The molecule has 1 aromatic carbocycles. The van der Waals surface area contributed by atoms with Gasteiger partial charge in [-0.1, -0.05) is 36.2 Å². The van der Waals surface area contributed by atoms with Crippen molar-refractivity contribution in [1.82, 2.24) is 0 Å². The van der Waals surface area contributed by atoms with Crippen LogP contribution < -0.4 is 14.2 Å². The number of hydrogen-bond acceptors (Lipinski definition) is 3. The summed E-state index contributed by atoms with van der Waals surface area (Å²) in [7, 11) is 4.95. The molecule has 4 heteroatoms. The molecule has 0 fully saturated rings. The largest absolute Gasteiger partial charge is 0.496 e. The van der Waals surface area contributed by atoms with Crippen molar-refractivity contribution in [2.75, 3.05) is 21.3 Å². The van der Waals surface area contributed by atoms with E-state index in [1.165, 1.54) is 0 Å². The highest BCUT2D eigenvalue weighted by molar-refractivity contribution is 9.09.